The molecule has 0 bridgehead atoms. The van der Waals surface area contributed by atoms with Gasteiger partial charge in [-0.3, -0.25) is 14.5 Å². The Bertz CT molecular complexity index is 1060. The molecule has 0 radical (unpaired) electrons. The quantitative estimate of drug-likeness (QED) is 0.677. The highest BCUT2D eigenvalue weighted by Crippen LogP contribution is 2.25. The lowest BCUT2D eigenvalue weighted by Crippen LogP contribution is -2.66. The van der Waals surface area contributed by atoms with Crippen LogP contribution in [-0.2, 0) is 9.53 Å². The summed E-state index contributed by atoms with van der Waals surface area (Å²) in [7, 11) is 1.43. The predicted octanol–water partition coefficient (Wildman–Crippen LogP) is 2.41. The number of hydrogen-bond acceptors (Lipinski definition) is 6. The number of aromatic nitrogens is 2. The number of halogens is 1. The van der Waals surface area contributed by atoms with Crippen LogP contribution < -0.4 is 5.32 Å². The minimum absolute atomic E-state index is 0.0942. The molecule has 1 aromatic heterocycles. The first-order valence-electron chi connectivity index (χ1n) is 10.5. The van der Waals surface area contributed by atoms with Crippen LogP contribution in [0.15, 0.2) is 24.3 Å². The van der Waals surface area contributed by atoms with Crippen molar-refractivity contribution in [2.24, 2.45) is 0 Å². The van der Waals surface area contributed by atoms with Gasteiger partial charge in [0.25, 0.3) is 5.91 Å². The van der Waals surface area contributed by atoms with Crippen LogP contribution in [0.5, 0.6) is 0 Å². The fourth-order valence-corrected chi connectivity index (χ4v) is 4.26. The molecule has 0 saturated carbocycles. The first kappa shape index (κ1) is 24.7. The zero-order valence-corrected chi connectivity index (χ0v) is 19.8. The third-order valence-corrected chi connectivity index (χ3v) is 5.80. The number of methoxy groups -OCH3 is 1. The number of rotatable bonds is 5. The average molecular weight is 478 g/mol. The molecule has 1 aliphatic heterocycles. The fourth-order valence-electron chi connectivity index (χ4n) is 4.09. The standard InChI is InChI=1S/C22H28ClN5O5/c1-22(2,3)28(21(31)32)18-11-27(19(29)12-33-4)8-7-15(18)24-20(30)17-9-13-5-6-14(23)10-16(13)25-26-17/h5-6,9-10,15,18H,7-8,11-12H2,1-4H3,(H,24,30)(H,31,32)/t15-,18+/m0/s1. The maximum Gasteiger partial charge on any atom is 0.408 e. The van der Waals surface area contributed by atoms with Crippen LogP contribution in [0.4, 0.5) is 4.79 Å². The van der Waals surface area contributed by atoms with E-state index in [4.69, 9.17) is 16.3 Å². The summed E-state index contributed by atoms with van der Waals surface area (Å²) in [5.74, 6) is -0.698. The molecule has 2 aromatic rings. The van der Waals surface area contributed by atoms with E-state index in [1.807, 2.05) is 0 Å². The third-order valence-electron chi connectivity index (χ3n) is 5.56. The van der Waals surface area contributed by atoms with Crippen LogP contribution in [0.1, 0.15) is 37.7 Å². The van der Waals surface area contributed by atoms with Gasteiger partial charge in [-0.1, -0.05) is 17.7 Å². The van der Waals surface area contributed by atoms with Gasteiger partial charge < -0.3 is 20.1 Å². The van der Waals surface area contributed by atoms with E-state index in [2.05, 4.69) is 15.5 Å². The normalized spacial score (nSPS) is 18.8. The van der Waals surface area contributed by atoms with Crippen LogP contribution >= 0.6 is 11.6 Å². The number of amides is 3. The van der Waals surface area contributed by atoms with Crippen molar-refractivity contribution in [1.29, 1.82) is 0 Å². The van der Waals surface area contributed by atoms with Gasteiger partial charge in [0.1, 0.15) is 6.61 Å². The molecular weight excluding hydrogens is 450 g/mol. The molecule has 3 rings (SSSR count). The smallest absolute Gasteiger partial charge is 0.408 e. The molecule has 2 atom stereocenters. The van der Waals surface area contributed by atoms with Crippen molar-refractivity contribution in [3.8, 4) is 0 Å². The fraction of sp³-hybridized carbons (Fsp3) is 0.500. The molecule has 178 valence electrons. The molecule has 0 unspecified atom stereocenters. The summed E-state index contributed by atoms with van der Waals surface area (Å²) < 4.78 is 4.94. The number of carboxylic acid groups (broad SMARTS) is 1. The molecule has 0 spiro atoms. The van der Waals surface area contributed by atoms with E-state index in [1.54, 1.807) is 49.9 Å². The van der Waals surface area contributed by atoms with Gasteiger partial charge in [-0.25, -0.2) is 4.79 Å². The Morgan fingerprint density at radius 3 is 2.64 bits per heavy atom. The highest BCUT2D eigenvalue weighted by Gasteiger charge is 2.42. The van der Waals surface area contributed by atoms with E-state index in [0.29, 0.717) is 28.9 Å². The first-order chi connectivity index (χ1) is 15.5. The number of ether oxygens (including phenoxy) is 1. The summed E-state index contributed by atoms with van der Waals surface area (Å²) in [4.78, 5) is 40.5. The summed E-state index contributed by atoms with van der Waals surface area (Å²) >= 11 is 5.98. The maximum atomic E-state index is 13.0. The van der Waals surface area contributed by atoms with E-state index in [9.17, 15) is 19.5 Å². The first-order valence-corrected chi connectivity index (χ1v) is 10.9. The molecule has 33 heavy (non-hydrogen) atoms. The Balaban J connectivity index is 1.87. The maximum absolute atomic E-state index is 13.0. The number of piperidine rings is 1. The van der Waals surface area contributed by atoms with E-state index in [-0.39, 0.29) is 24.8 Å². The molecule has 1 aliphatic rings. The molecule has 1 aromatic carbocycles. The van der Waals surface area contributed by atoms with Crippen molar-refractivity contribution in [1.82, 2.24) is 25.3 Å². The SMILES string of the molecule is COCC(=O)N1CC[C@H](NC(=O)c2cc3ccc(Cl)cc3nn2)[C@H](N(C(=O)O)C(C)(C)C)C1. The highest BCUT2D eigenvalue weighted by molar-refractivity contribution is 6.31. The zero-order valence-electron chi connectivity index (χ0n) is 19.0. The zero-order chi connectivity index (χ0) is 24.3. The molecule has 1 saturated heterocycles. The van der Waals surface area contributed by atoms with Gasteiger partial charge >= 0.3 is 6.09 Å². The predicted molar refractivity (Wildman–Crippen MR) is 122 cm³/mol. The van der Waals surface area contributed by atoms with E-state index in [0.717, 1.165) is 0 Å². The van der Waals surface area contributed by atoms with Crippen molar-refractivity contribution in [3.63, 3.8) is 0 Å². The number of carbonyl (C=O) groups excluding carboxylic acids is 2. The summed E-state index contributed by atoms with van der Waals surface area (Å²) in [6.07, 6.45) is -0.752. The number of likely N-dealkylation sites (tertiary alicyclic amines) is 1. The molecule has 3 amide bonds. The Kier molecular flexibility index (Phi) is 7.38. The van der Waals surface area contributed by atoms with Gasteiger partial charge in [-0.05, 0) is 45.4 Å². The number of fused-ring (bicyclic) bond motifs is 1. The average Bonchev–Trinajstić information content (AvgIpc) is 2.73. The van der Waals surface area contributed by atoms with E-state index >= 15 is 0 Å². The molecule has 11 heteroatoms. The molecule has 2 N–H and O–H groups in total. The summed E-state index contributed by atoms with van der Waals surface area (Å²) in [5.41, 5.74) is -0.0831. The minimum atomic E-state index is -1.13. The topological polar surface area (TPSA) is 125 Å². The van der Waals surface area contributed by atoms with Crippen molar-refractivity contribution in [2.75, 3.05) is 26.8 Å². The number of nitrogens with zero attached hydrogens (tertiary/aromatic N) is 4. The monoisotopic (exact) mass is 477 g/mol. The van der Waals surface area contributed by atoms with Gasteiger partial charge in [0.05, 0.1) is 17.6 Å². The van der Waals surface area contributed by atoms with Gasteiger partial charge in [-0.2, -0.15) is 0 Å². The lowest BCUT2D eigenvalue weighted by Gasteiger charge is -2.47. The Hall–Kier alpha value is -2.98. The molecule has 1 fully saturated rings. The summed E-state index contributed by atoms with van der Waals surface area (Å²) in [6, 6.07) is 5.53. The van der Waals surface area contributed by atoms with Gasteiger partial charge in [0, 0.05) is 36.1 Å². The number of benzene rings is 1. The number of carbonyl (C=O) groups is 3. The molecule has 10 nitrogen and oxygen atoms in total. The van der Waals surface area contributed by atoms with Gasteiger partial charge in [-0.15, -0.1) is 10.2 Å². The van der Waals surface area contributed by atoms with Crippen molar-refractivity contribution >= 4 is 40.4 Å². The summed E-state index contributed by atoms with van der Waals surface area (Å²) in [6.45, 7) is 5.73. The Morgan fingerprint density at radius 2 is 2.00 bits per heavy atom. The highest BCUT2D eigenvalue weighted by atomic mass is 35.5. The van der Waals surface area contributed by atoms with Crippen LogP contribution in [0.25, 0.3) is 10.9 Å². The van der Waals surface area contributed by atoms with Gasteiger partial charge in [0.2, 0.25) is 5.91 Å². The van der Waals surface area contributed by atoms with Crippen LogP contribution in [0.2, 0.25) is 5.02 Å². The molecule has 0 aliphatic carbocycles. The second-order valence-electron chi connectivity index (χ2n) is 8.96. The van der Waals surface area contributed by atoms with Crippen molar-refractivity contribution < 1.29 is 24.2 Å². The lowest BCUT2D eigenvalue weighted by atomic mass is 9.93. The van der Waals surface area contributed by atoms with Gasteiger partial charge in [0.15, 0.2) is 5.69 Å². The third kappa shape index (κ3) is 5.69. The van der Waals surface area contributed by atoms with Crippen LogP contribution in [0, 0.1) is 0 Å². The second-order valence-corrected chi connectivity index (χ2v) is 9.40. The Morgan fingerprint density at radius 1 is 1.27 bits per heavy atom. The van der Waals surface area contributed by atoms with E-state index in [1.165, 1.54) is 12.0 Å². The Labute approximate surface area is 196 Å². The lowest BCUT2D eigenvalue weighted by molar-refractivity contribution is -0.138. The summed E-state index contributed by atoms with van der Waals surface area (Å²) in [5, 5.41) is 22.2. The van der Waals surface area contributed by atoms with Crippen LogP contribution in [0.3, 0.4) is 0 Å². The second kappa shape index (κ2) is 9.88. The number of hydrogen-bond donors (Lipinski definition) is 2. The van der Waals surface area contributed by atoms with Crippen molar-refractivity contribution in [2.45, 2.75) is 44.8 Å². The minimum Gasteiger partial charge on any atom is -0.465 e. The van der Waals surface area contributed by atoms with Crippen molar-refractivity contribution in [3.05, 3.63) is 35.0 Å². The van der Waals surface area contributed by atoms with Crippen LogP contribution in [-0.4, -0.2) is 87.4 Å². The molecular formula is C22H28ClN5O5. The largest absolute Gasteiger partial charge is 0.465 e. The number of nitrogens with one attached hydrogen (secondary N) is 1. The molecule has 2 heterocycles. The van der Waals surface area contributed by atoms with E-state index < -0.39 is 29.6 Å².